The number of phenolic OH excluding ortho intramolecular Hbond substituents is 2. The standard InChI is InChI=1S/2C11H15NO4.Mn/c2*13-6-11(7-14,8-15)12-5-9-3-1-2-4-10(9)16;/h2*1-5,13-16H,6-8H2;. The second-order valence-electron chi connectivity index (χ2n) is 7.03. The van der Waals surface area contributed by atoms with Gasteiger partial charge in [-0.1, -0.05) is 24.3 Å². The predicted molar refractivity (Wildman–Crippen MR) is 119 cm³/mol. The fourth-order valence-corrected chi connectivity index (χ4v) is 2.15. The van der Waals surface area contributed by atoms with Crippen LogP contribution in [-0.4, -0.2) is 104 Å². The maximum atomic E-state index is 9.45. The van der Waals surface area contributed by atoms with Crippen molar-refractivity contribution in [2.75, 3.05) is 39.6 Å². The van der Waals surface area contributed by atoms with E-state index in [2.05, 4.69) is 9.98 Å². The first kappa shape index (κ1) is 30.7. The minimum absolute atomic E-state index is 0. The Kier molecular flexibility index (Phi) is 14.4. The van der Waals surface area contributed by atoms with Crippen LogP contribution < -0.4 is 0 Å². The van der Waals surface area contributed by atoms with E-state index in [1.165, 1.54) is 24.6 Å². The molecule has 1 radical (unpaired) electrons. The van der Waals surface area contributed by atoms with E-state index in [0.29, 0.717) is 11.1 Å². The van der Waals surface area contributed by atoms with Crippen molar-refractivity contribution in [3.8, 4) is 11.5 Å². The minimum Gasteiger partial charge on any atom is -0.507 e. The zero-order chi connectivity index (χ0) is 24.0. The number of aliphatic hydroxyl groups excluding tert-OH is 6. The maximum absolute atomic E-state index is 9.45. The Morgan fingerprint density at radius 1 is 0.545 bits per heavy atom. The van der Waals surface area contributed by atoms with Gasteiger partial charge in [0.1, 0.15) is 22.6 Å². The van der Waals surface area contributed by atoms with E-state index in [1.54, 1.807) is 36.4 Å². The monoisotopic (exact) mass is 505 g/mol. The summed E-state index contributed by atoms with van der Waals surface area (Å²) in [7, 11) is 0. The molecule has 0 fully saturated rings. The molecule has 33 heavy (non-hydrogen) atoms. The van der Waals surface area contributed by atoms with Crippen molar-refractivity contribution >= 4 is 12.4 Å². The van der Waals surface area contributed by atoms with Gasteiger partial charge in [0.15, 0.2) is 0 Å². The summed E-state index contributed by atoms with van der Waals surface area (Å²) in [5, 5.41) is 73.1. The first-order valence-corrected chi connectivity index (χ1v) is 9.66. The predicted octanol–water partition coefficient (Wildman–Crippen LogP) is -0.949. The van der Waals surface area contributed by atoms with Gasteiger partial charge >= 0.3 is 0 Å². The molecule has 8 N–H and O–H groups in total. The fraction of sp³-hybridized carbons (Fsp3) is 0.364. The van der Waals surface area contributed by atoms with E-state index in [1.807, 2.05) is 0 Å². The molecule has 0 spiro atoms. The van der Waals surface area contributed by atoms with E-state index < -0.39 is 50.7 Å². The van der Waals surface area contributed by atoms with Crippen molar-refractivity contribution < 1.29 is 57.9 Å². The van der Waals surface area contributed by atoms with E-state index >= 15 is 0 Å². The van der Waals surface area contributed by atoms with Gasteiger partial charge in [0.2, 0.25) is 0 Å². The molecule has 0 unspecified atom stereocenters. The summed E-state index contributed by atoms with van der Waals surface area (Å²) >= 11 is 0. The second-order valence-corrected chi connectivity index (χ2v) is 7.03. The SMILES string of the molecule is OCC(CO)(CO)N=Cc1ccccc1O.OCC(CO)(CO)N=Cc1ccccc1O.[Mn]. The van der Waals surface area contributed by atoms with Crippen LogP contribution in [-0.2, 0) is 17.1 Å². The molecule has 0 bridgehead atoms. The van der Waals surface area contributed by atoms with E-state index in [4.69, 9.17) is 30.6 Å². The van der Waals surface area contributed by atoms with Crippen LogP contribution >= 0.6 is 0 Å². The Balaban J connectivity index is 0.000000602. The number of nitrogens with zero attached hydrogens (tertiary/aromatic N) is 2. The van der Waals surface area contributed by atoms with E-state index in [-0.39, 0.29) is 28.6 Å². The topological polar surface area (TPSA) is 187 Å². The largest absolute Gasteiger partial charge is 0.507 e. The molecule has 2 aromatic rings. The molecule has 0 saturated carbocycles. The molecular formula is C22H30MnN2O8. The van der Waals surface area contributed by atoms with Gasteiger partial charge in [0.05, 0.1) is 39.6 Å². The average Bonchev–Trinajstić information content (AvgIpc) is 2.84. The Hall–Kier alpha value is -2.34. The van der Waals surface area contributed by atoms with Gasteiger partial charge in [-0.25, -0.2) is 0 Å². The van der Waals surface area contributed by atoms with Crippen LogP contribution in [0.3, 0.4) is 0 Å². The number of phenols is 2. The molecule has 2 rings (SSSR count). The number of aromatic hydroxyl groups is 2. The van der Waals surface area contributed by atoms with Gasteiger partial charge in [-0.15, -0.1) is 0 Å². The Labute approximate surface area is 202 Å². The van der Waals surface area contributed by atoms with Crippen LogP contribution in [0.4, 0.5) is 0 Å². The molecule has 11 heteroatoms. The van der Waals surface area contributed by atoms with Crippen LogP contribution in [0.1, 0.15) is 11.1 Å². The van der Waals surface area contributed by atoms with Gasteiger partial charge < -0.3 is 40.9 Å². The fourth-order valence-electron chi connectivity index (χ4n) is 2.15. The first-order valence-electron chi connectivity index (χ1n) is 9.66. The molecule has 0 saturated heterocycles. The Morgan fingerprint density at radius 2 is 0.818 bits per heavy atom. The third-order valence-corrected chi connectivity index (χ3v) is 4.59. The van der Waals surface area contributed by atoms with Gasteiger partial charge in [-0.2, -0.15) is 0 Å². The number of rotatable bonds is 10. The molecule has 0 aliphatic heterocycles. The third kappa shape index (κ3) is 9.20. The molecule has 0 heterocycles. The van der Waals surface area contributed by atoms with Crippen molar-refractivity contribution in [2.24, 2.45) is 9.98 Å². The van der Waals surface area contributed by atoms with E-state index in [0.717, 1.165) is 0 Å². The zero-order valence-corrected chi connectivity index (χ0v) is 19.0. The molecule has 0 atom stereocenters. The van der Waals surface area contributed by atoms with Crippen LogP contribution in [0.5, 0.6) is 11.5 Å². The smallest absolute Gasteiger partial charge is 0.129 e. The molecule has 10 nitrogen and oxygen atoms in total. The maximum Gasteiger partial charge on any atom is 0.129 e. The Morgan fingerprint density at radius 3 is 1.06 bits per heavy atom. The minimum atomic E-state index is -1.30. The molecular weight excluding hydrogens is 475 g/mol. The average molecular weight is 505 g/mol. The number of hydrogen-bond acceptors (Lipinski definition) is 10. The van der Waals surface area contributed by atoms with Crippen LogP contribution in [0.2, 0.25) is 0 Å². The van der Waals surface area contributed by atoms with Crippen LogP contribution in [0.25, 0.3) is 0 Å². The first-order chi connectivity index (χ1) is 15.3. The summed E-state index contributed by atoms with van der Waals surface area (Å²) in [5.41, 5.74) is -1.69. The van der Waals surface area contributed by atoms with Crippen molar-refractivity contribution in [3.05, 3.63) is 59.7 Å². The van der Waals surface area contributed by atoms with Crippen LogP contribution in [0, 0.1) is 0 Å². The molecule has 183 valence electrons. The number of para-hydroxylation sites is 2. The zero-order valence-electron chi connectivity index (χ0n) is 17.9. The normalized spacial score (nSPS) is 11.8. The van der Waals surface area contributed by atoms with Gasteiger partial charge in [0.25, 0.3) is 0 Å². The number of hydrogen-bond donors (Lipinski definition) is 8. The summed E-state index contributed by atoms with van der Waals surface area (Å²) < 4.78 is 0. The number of aliphatic hydroxyl groups is 6. The van der Waals surface area contributed by atoms with Crippen molar-refractivity contribution in [1.29, 1.82) is 0 Å². The van der Waals surface area contributed by atoms with Crippen molar-refractivity contribution in [3.63, 3.8) is 0 Å². The number of benzene rings is 2. The van der Waals surface area contributed by atoms with Crippen LogP contribution in [0.15, 0.2) is 58.5 Å². The van der Waals surface area contributed by atoms with Crippen molar-refractivity contribution in [2.45, 2.75) is 11.1 Å². The molecule has 0 aromatic heterocycles. The molecule has 0 aliphatic rings. The van der Waals surface area contributed by atoms with Gasteiger partial charge in [-0.05, 0) is 24.3 Å². The molecule has 0 amide bonds. The summed E-state index contributed by atoms with van der Waals surface area (Å²) in [6, 6.07) is 13.1. The van der Waals surface area contributed by atoms with Gasteiger partial charge in [-0.3, -0.25) is 9.98 Å². The quantitative estimate of drug-likeness (QED) is 0.150. The number of aliphatic imine (C=N–C) groups is 2. The van der Waals surface area contributed by atoms with Gasteiger partial charge in [0, 0.05) is 40.6 Å². The second kappa shape index (κ2) is 15.5. The summed E-state index contributed by atoms with van der Waals surface area (Å²) in [4.78, 5) is 7.81. The molecule has 2 aromatic carbocycles. The summed E-state index contributed by atoms with van der Waals surface area (Å²) in [6.07, 6.45) is 2.63. The Bertz CT molecular complexity index is 783. The van der Waals surface area contributed by atoms with Crippen molar-refractivity contribution in [1.82, 2.24) is 0 Å². The third-order valence-electron chi connectivity index (χ3n) is 4.59. The summed E-state index contributed by atoms with van der Waals surface area (Å²) in [6.45, 7) is -2.81. The summed E-state index contributed by atoms with van der Waals surface area (Å²) in [5.74, 6) is 0.0999. The van der Waals surface area contributed by atoms with E-state index in [9.17, 15) is 10.2 Å². The molecule has 0 aliphatic carbocycles.